The minimum atomic E-state index is -0.531. The summed E-state index contributed by atoms with van der Waals surface area (Å²) in [7, 11) is 1.56. The Morgan fingerprint density at radius 2 is 1.96 bits per heavy atom. The molecule has 0 N–H and O–H groups in total. The van der Waals surface area contributed by atoms with Crippen molar-refractivity contribution in [1.82, 2.24) is 0 Å². The fourth-order valence-electron chi connectivity index (χ4n) is 2.37. The van der Waals surface area contributed by atoms with Gasteiger partial charge in [0.1, 0.15) is 12.4 Å². The highest BCUT2D eigenvalue weighted by Crippen LogP contribution is 2.29. The molecule has 0 saturated heterocycles. The van der Waals surface area contributed by atoms with Crippen molar-refractivity contribution in [3.05, 3.63) is 87.9 Å². The van der Waals surface area contributed by atoms with Gasteiger partial charge in [0.15, 0.2) is 17.3 Å². The first kappa shape index (κ1) is 17.9. The normalized spacial score (nSPS) is 10.8. The lowest BCUT2D eigenvalue weighted by Gasteiger charge is -2.10. The van der Waals surface area contributed by atoms with Crippen molar-refractivity contribution in [3.63, 3.8) is 0 Å². The Balaban J connectivity index is 1.72. The number of ketones is 1. The van der Waals surface area contributed by atoms with Gasteiger partial charge in [-0.1, -0.05) is 30.3 Å². The van der Waals surface area contributed by atoms with Gasteiger partial charge in [0.25, 0.3) is 0 Å². The van der Waals surface area contributed by atoms with Gasteiger partial charge in [-0.2, -0.15) is 0 Å². The third-order valence-corrected chi connectivity index (χ3v) is 4.55. The molecule has 0 aliphatic rings. The molecule has 0 bridgehead atoms. The SMILES string of the molecule is COc1cc(/C=C/C(=O)c2ccccc2F)ccc1OCc1cccs1. The van der Waals surface area contributed by atoms with Crippen molar-refractivity contribution in [2.24, 2.45) is 0 Å². The van der Waals surface area contributed by atoms with Crippen LogP contribution in [-0.2, 0) is 6.61 Å². The summed E-state index contributed by atoms with van der Waals surface area (Å²) in [5.41, 5.74) is 0.807. The van der Waals surface area contributed by atoms with E-state index in [0.29, 0.717) is 18.1 Å². The van der Waals surface area contributed by atoms with Gasteiger partial charge < -0.3 is 9.47 Å². The van der Waals surface area contributed by atoms with Crippen LogP contribution in [0, 0.1) is 5.82 Å². The summed E-state index contributed by atoms with van der Waals surface area (Å²) in [5.74, 6) is 0.276. The van der Waals surface area contributed by atoms with E-state index in [2.05, 4.69) is 0 Å². The summed E-state index contributed by atoms with van der Waals surface area (Å²) in [4.78, 5) is 13.2. The van der Waals surface area contributed by atoms with Gasteiger partial charge >= 0.3 is 0 Å². The maximum absolute atomic E-state index is 13.6. The minimum Gasteiger partial charge on any atom is -0.493 e. The Kier molecular flexibility index (Phi) is 5.81. The second kappa shape index (κ2) is 8.45. The molecule has 26 heavy (non-hydrogen) atoms. The second-order valence-electron chi connectivity index (χ2n) is 5.46. The molecule has 5 heteroatoms. The fourth-order valence-corrected chi connectivity index (χ4v) is 2.99. The van der Waals surface area contributed by atoms with Gasteiger partial charge in [-0.3, -0.25) is 4.79 Å². The molecule has 0 amide bonds. The maximum atomic E-state index is 13.6. The zero-order valence-corrected chi connectivity index (χ0v) is 15.0. The van der Waals surface area contributed by atoms with Crippen molar-refractivity contribution >= 4 is 23.2 Å². The van der Waals surface area contributed by atoms with Crippen molar-refractivity contribution in [2.45, 2.75) is 6.61 Å². The number of hydrogen-bond acceptors (Lipinski definition) is 4. The fraction of sp³-hybridized carbons (Fsp3) is 0.0952. The van der Waals surface area contributed by atoms with Crippen molar-refractivity contribution < 1.29 is 18.7 Å². The molecule has 0 aliphatic heterocycles. The first-order chi connectivity index (χ1) is 12.7. The van der Waals surface area contributed by atoms with Crippen molar-refractivity contribution in [2.75, 3.05) is 7.11 Å². The number of carbonyl (C=O) groups excluding carboxylic acids is 1. The summed E-state index contributed by atoms with van der Waals surface area (Å²) >= 11 is 1.62. The number of ether oxygens (including phenoxy) is 2. The highest BCUT2D eigenvalue weighted by atomic mass is 32.1. The van der Waals surface area contributed by atoms with Crippen LogP contribution in [0.1, 0.15) is 20.8 Å². The molecule has 0 unspecified atom stereocenters. The molecule has 0 spiro atoms. The Bertz CT molecular complexity index is 917. The van der Waals surface area contributed by atoms with Gasteiger partial charge in [-0.25, -0.2) is 4.39 Å². The molecule has 3 aromatic rings. The molecule has 0 atom stereocenters. The van der Waals surface area contributed by atoms with Crippen LogP contribution in [0.4, 0.5) is 4.39 Å². The predicted molar refractivity (Wildman–Crippen MR) is 101 cm³/mol. The molecule has 1 aromatic heterocycles. The number of hydrogen-bond donors (Lipinski definition) is 0. The van der Waals surface area contributed by atoms with Crippen LogP contribution in [0.3, 0.4) is 0 Å². The Labute approximate surface area is 155 Å². The first-order valence-corrected chi connectivity index (χ1v) is 8.85. The summed E-state index contributed by atoms with van der Waals surface area (Å²) < 4.78 is 24.8. The standard InChI is InChI=1S/C21H17FO3S/c1-24-21-13-15(8-10-19(23)17-6-2-3-7-18(17)22)9-11-20(21)25-14-16-5-4-12-26-16/h2-13H,14H2,1H3/b10-8+. The van der Waals surface area contributed by atoms with Crippen LogP contribution in [-0.4, -0.2) is 12.9 Å². The van der Waals surface area contributed by atoms with Crippen molar-refractivity contribution in [3.8, 4) is 11.5 Å². The van der Waals surface area contributed by atoms with Crippen LogP contribution >= 0.6 is 11.3 Å². The number of methoxy groups -OCH3 is 1. The third kappa shape index (κ3) is 4.37. The largest absolute Gasteiger partial charge is 0.493 e. The third-order valence-electron chi connectivity index (χ3n) is 3.70. The number of allylic oxidation sites excluding steroid dienone is 1. The van der Waals surface area contributed by atoms with E-state index in [1.807, 2.05) is 23.6 Å². The summed E-state index contributed by atoms with van der Waals surface area (Å²) in [6.45, 7) is 0.467. The molecule has 0 aliphatic carbocycles. The van der Waals surface area contributed by atoms with Crippen LogP contribution in [0.5, 0.6) is 11.5 Å². The van der Waals surface area contributed by atoms with Crippen LogP contribution in [0.2, 0.25) is 0 Å². The van der Waals surface area contributed by atoms with E-state index in [1.54, 1.807) is 48.8 Å². The number of halogens is 1. The average molecular weight is 368 g/mol. The number of benzene rings is 2. The first-order valence-electron chi connectivity index (χ1n) is 7.97. The van der Waals surface area contributed by atoms with E-state index in [1.165, 1.54) is 18.2 Å². The number of carbonyl (C=O) groups is 1. The number of thiophene rings is 1. The Hall–Kier alpha value is -2.92. The summed E-state index contributed by atoms with van der Waals surface area (Å²) in [5, 5.41) is 2.00. The lowest BCUT2D eigenvalue weighted by atomic mass is 10.1. The smallest absolute Gasteiger partial charge is 0.188 e. The molecule has 2 aromatic carbocycles. The molecule has 0 fully saturated rings. The van der Waals surface area contributed by atoms with Gasteiger partial charge in [0.2, 0.25) is 0 Å². The summed E-state index contributed by atoms with van der Waals surface area (Å²) in [6.07, 6.45) is 2.97. The monoisotopic (exact) mass is 368 g/mol. The molecule has 132 valence electrons. The van der Waals surface area contributed by atoms with Crippen LogP contribution < -0.4 is 9.47 Å². The lowest BCUT2D eigenvalue weighted by molar-refractivity contribution is 0.104. The van der Waals surface area contributed by atoms with E-state index in [0.717, 1.165) is 10.4 Å². The predicted octanol–water partition coefficient (Wildman–Crippen LogP) is 5.37. The van der Waals surface area contributed by atoms with E-state index in [-0.39, 0.29) is 11.3 Å². The van der Waals surface area contributed by atoms with E-state index < -0.39 is 5.82 Å². The average Bonchev–Trinajstić information content (AvgIpc) is 3.18. The molecule has 1 heterocycles. The zero-order chi connectivity index (χ0) is 18.4. The van der Waals surface area contributed by atoms with Crippen LogP contribution in [0.15, 0.2) is 66.1 Å². The molecule has 0 radical (unpaired) electrons. The zero-order valence-electron chi connectivity index (χ0n) is 14.1. The number of rotatable bonds is 7. The van der Waals surface area contributed by atoms with E-state index in [4.69, 9.17) is 9.47 Å². The van der Waals surface area contributed by atoms with Gasteiger partial charge in [-0.15, -0.1) is 11.3 Å². The van der Waals surface area contributed by atoms with Gasteiger partial charge in [0, 0.05) is 4.88 Å². The molecule has 3 rings (SSSR count). The minimum absolute atomic E-state index is 0.0478. The van der Waals surface area contributed by atoms with Gasteiger partial charge in [-0.05, 0) is 47.4 Å². The molecule has 3 nitrogen and oxygen atoms in total. The van der Waals surface area contributed by atoms with Crippen LogP contribution in [0.25, 0.3) is 6.08 Å². The molecular weight excluding hydrogens is 351 g/mol. The highest BCUT2D eigenvalue weighted by molar-refractivity contribution is 7.09. The van der Waals surface area contributed by atoms with E-state index >= 15 is 0 Å². The second-order valence-corrected chi connectivity index (χ2v) is 6.49. The Morgan fingerprint density at radius 1 is 1.12 bits per heavy atom. The topological polar surface area (TPSA) is 35.5 Å². The van der Waals surface area contributed by atoms with Crippen molar-refractivity contribution in [1.29, 1.82) is 0 Å². The summed E-state index contributed by atoms with van der Waals surface area (Å²) in [6, 6.07) is 15.3. The molecular formula is C21H17FO3S. The lowest BCUT2D eigenvalue weighted by Crippen LogP contribution is -1.98. The molecule has 0 saturated carbocycles. The van der Waals surface area contributed by atoms with Gasteiger partial charge in [0.05, 0.1) is 12.7 Å². The maximum Gasteiger partial charge on any atom is 0.188 e. The van der Waals surface area contributed by atoms with E-state index in [9.17, 15) is 9.18 Å². The quantitative estimate of drug-likeness (QED) is 0.415. The highest BCUT2D eigenvalue weighted by Gasteiger charge is 2.09. The Morgan fingerprint density at radius 3 is 2.69 bits per heavy atom.